The second-order valence-corrected chi connectivity index (χ2v) is 4.65. The Hall–Kier alpha value is -1.06. The Morgan fingerprint density at radius 2 is 1.94 bits per heavy atom. The molecule has 2 aromatic rings. The normalized spacial score (nSPS) is 10.9. The largest absolute Gasteiger partial charge is 0.234 e. The van der Waals surface area contributed by atoms with Gasteiger partial charge in [-0.25, -0.2) is 9.67 Å². The lowest BCUT2D eigenvalue weighted by Crippen LogP contribution is -2.04. The predicted octanol–water partition coefficient (Wildman–Crippen LogP) is 3.58. The van der Waals surface area contributed by atoms with Crippen LogP contribution in [0.2, 0.25) is 5.02 Å². The van der Waals surface area contributed by atoms with E-state index in [1.54, 1.807) is 4.68 Å². The standard InChI is InChI=1S/C12H13Cl2N3/c1-7-4-10(6-13)5-11(15-7)17-9(3)12(14)8(2)16-17/h4-5H,6H2,1-3H3. The Kier molecular flexibility index (Phi) is 3.40. The summed E-state index contributed by atoms with van der Waals surface area (Å²) in [5.74, 6) is 1.22. The second kappa shape index (κ2) is 4.67. The van der Waals surface area contributed by atoms with E-state index in [0.717, 1.165) is 28.5 Å². The molecule has 3 nitrogen and oxygen atoms in total. The van der Waals surface area contributed by atoms with Crippen LogP contribution in [0.15, 0.2) is 12.1 Å². The minimum Gasteiger partial charge on any atom is -0.234 e. The van der Waals surface area contributed by atoms with Crippen LogP contribution in [0.3, 0.4) is 0 Å². The first-order chi connectivity index (χ1) is 8.02. The Bertz CT molecular complexity index is 561. The topological polar surface area (TPSA) is 30.7 Å². The van der Waals surface area contributed by atoms with Gasteiger partial charge in [0.1, 0.15) is 0 Å². The van der Waals surface area contributed by atoms with Crippen molar-refractivity contribution in [2.75, 3.05) is 0 Å². The molecule has 90 valence electrons. The summed E-state index contributed by atoms with van der Waals surface area (Å²) in [7, 11) is 0. The number of hydrogen-bond donors (Lipinski definition) is 0. The number of aryl methyl sites for hydroxylation is 2. The highest BCUT2D eigenvalue weighted by Gasteiger charge is 2.12. The van der Waals surface area contributed by atoms with Crippen LogP contribution in [0.1, 0.15) is 22.6 Å². The van der Waals surface area contributed by atoms with Gasteiger partial charge in [-0.15, -0.1) is 11.6 Å². The summed E-state index contributed by atoms with van der Waals surface area (Å²) in [5, 5.41) is 5.06. The molecule has 0 atom stereocenters. The smallest absolute Gasteiger partial charge is 0.154 e. The van der Waals surface area contributed by atoms with Crippen LogP contribution >= 0.6 is 23.2 Å². The van der Waals surface area contributed by atoms with Gasteiger partial charge in [-0.3, -0.25) is 0 Å². The Morgan fingerprint density at radius 1 is 1.24 bits per heavy atom. The second-order valence-electron chi connectivity index (χ2n) is 4.01. The number of halogens is 2. The van der Waals surface area contributed by atoms with E-state index in [0.29, 0.717) is 10.9 Å². The van der Waals surface area contributed by atoms with Gasteiger partial charge in [-0.1, -0.05) is 11.6 Å². The molecule has 2 heterocycles. The van der Waals surface area contributed by atoms with Crippen molar-refractivity contribution in [3.63, 3.8) is 0 Å². The summed E-state index contributed by atoms with van der Waals surface area (Å²) in [4.78, 5) is 4.45. The quantitative estimate of drug-likeness (QED) is 0.781. The summed E-state index contributed by atoms with van der Waals surface area (Å²) in [6, 6.07) is 3.89. The molecule has 0 radical (unpaired) electrons. The first-order valence-electron chi connectivity index (χ1n) is 5.28. The Morgan fingerprint density at radius 3 is 2.47 bits per heavy atom. The highest BCUT2D eigenvalue weighted by molar-refractivity contribution is 6.31. The third-order valence-corrected chi connectivity index (χ3v) is 3.43. The first-order valence-corrected chi connectivity index (χ1v) is 6.20. The van der Waals surface area contributed by atoms with Crippen molar-refractivity contribution in [3.8, 4) is 5.82 Å². The van der Waals surface area contributed by atoms with Crippen LogP contribution in [0.5, 0.6) is 0 Å². The Labute approximate surface area is 110 Å². The molecule has 0 aromatic carbocycles. The molecule has 0 unspecified atom stereocenters. The minimum atomic E-state index is 0.462. The zero-order valence-electron chi connectivity index (χ0n) is 9.96. The van der Waals surface area contributed by atoms with E-state index in [2.05, 4.69) is 10.1 Å². The molecule has 2 rings (SSSR count). The zero-order chi connectivity index (χ0) is 12.6. The lowest BCUT2D eigenvalue weighted by Gasteiger charge is -2.06. The number of aromatic nitrogens is 3. The highest BCUT2D eigenvalue weighted by atomic mass is 35.5. The maximum atomic E-state index is 6.12. The van der Waals surface area contributed by atoms with E-state index in [9.17, 15) is 0 Å². The fourth-order valence-corrected chi connectivity index (χ4v) is 2.03. The van der Waals surface area contributed by atoms with Gasteiger partial charge >= 0.3 is 0 Å². The van der Waals surface area contributed by atoms with Crippen molar-refractivity contribution in [1.82, 2.24) is 14.8 Å². The van der Waals surface area contributed by atoms with Gasteiger partial charge in [0.15, 0.2) is 5.82 Å². The van der Waals surface area contributed by atoms with Gasteiger partial charge in [-0.05, 0) is 38.5 Å². The van der Waals surface area contributed by atoms with Gasteiger partial charge in [0, 0.05) is 11.6 Å². The number of alkyl halides is 1. The molecule has 0 aliphatic rings. The van der Waals surface area contributed by atoms with E-state index >= 15 is 0 Å². The molecule has 0 bridgehead atoms. The average molecular weight is 270 g/mol. The molecule has 0 aliphatic heterocycles. The molecule has 5 heteroatoms. The molecular weight excluding hydrogens is 257 g/mol. The summed E-state index contributed by atoms with van der Waals surface area (Å²) >= 11 is 12.0. The fourth-order valence-electron chi connectivity index (χ4n) is 1.75. The van der Waals surface area contributed by atoms with Gasteiger partial charge in [0.25, 0.3) is 0 Å². The van der Waals surface area contributed by atoms with Gasteiger partial charge in [0.2, 0.25) is 0 Å². The van der Waals surface area contributed by atoms with Crippen LogP contribution in [0, 0.1) is 20.8 Å². The van der Waals surface area contributed by atoms with Crippen molar-refractivity contribution in [3.05, 3.63) is 39.8 Å². The third-order valence-electron chi connectivity index (χ3n) is 2.57. The summed E-state index contributed by atoms with van der Waals surface area (Å²) < 4.78 is 1.75. The average Bonchev–Trinajstić information content (AvgIpc) is 2.56. The molecule has 0 saturated heterocycles. The summed E-state index contributed by atoms with van der Waals surface area (Å²) in [6.45, 7) is 5.74. The van der Waals surface area contributed by atoms with Crippen LogP contribution < -0.4 is 0 Å². The molecule has 0 N–H and O–H groups in total. The van der Waals surface area contributed by atoms with Crippen LogP contribution in [-0.4, -0.2) is 14.8 Å². The maximum Gasteiger partial charge on any atom is 0.154 e. The lowest BCUT2D eigenvalue weighted by atomic mass is 10.2. The summed E-state index contributed by atoms with van der Waals surface area (Å²) in [6.07, 6.45) is 0. The molecular formula is C12H13Cl2N3. The monoisotopic (exact) mass is 269 g/mol. The molecule has 0 saturated carbocycles. The van der Waals surface area contributed by atoms with Gasteiger partial charge in [0.05, 0.1) is 16.4 Å². The SMILES string of the molecule is Cc1cc(CCl)cc(-n2nc(C)c(Cl)c2C)n1. The van der Waals surface area contributed by atoms with Crippen molar-refractivity contribution < 1.29 is 0 Å². The zero-order valence-corrected chi connectivity index (χ0v) is 11.5. The van der Waals surface area contributed by atoms with E-state index in [1.807, 2.05) is 32.9 Å². The Balaban J connectivity index is 2.59. The van der Waals surface area contributed by atoms with Crippen LogP contribution in [0.25, 0.3) is 5.82 Å². The number of pyridine rings is 1. The third kappa shape index (κ3) is 2.31. The molecule has 0 aliphatic carbocycles. The van der Waals surface area contributed by atoms with E-state index in [4.69, 9.17) is 23.2 Å². The van der Waals surface area contributed by atoms with E-state index in [1.165, 1.54) is 0 Å². The van der Waals surface area contributed by atoms with Crippen LogP contribution in [0.4, 0.5) is 0 Å². The van der Waals surface area contributed by atoms with Gasteiger partial charge < -0.3 is 0 Å². The molecule has 0 fully saturated rings. The van der Waals surface area contributed by atoms with Crippen molar-refractivity contribution >= 4 is 23.2 Å². The molecule has 0 amide bonds. The first kappa shape index (κ1) is 12.4. The number of rotatable bonds is 2. The number of hydrogen-bond acceptors (Lipinski definition) is 2. The lowest BCUT2D eigenvalue weighted by molar-refractivity contribution is 0.799. The predicted molar refractivity (Wildman–Crippen MR) is 70.1 cm³/mol. The van der Waals surface area contributed by atoms with E-state index < -0.39 is 0 Å². The molecule has 2 aromatic heterocycles. The molecule has 0 spiro atoms. The van der Waals surface area contributed by atoms with Crippen LogP contribution in [-0.2, 0) is 5.88 Å². The minimum absolute atomic E-state index is 0.462. The van der Waals surface area contributed by atoms with Crippen molar-refractivity contribution in [1.29, 1.82) is 0 Å². The fraction of sp³-hybridized carbons (Fsp3) is 0.333. The van der Waals surface area contributed by atoms with Gasteiger partial charge in [-0.2, -0.15) is 5.10 Å². The van der Waals surface area contributed by atoms with Crippen molar-refractivity contribution in [2.24, 2.45) is 0 Å². The summed E-state index contributed by atoms with van der Waals surface area (Å²) in [5.41, 5.74) is 3.64. The maximum absolute atomic E-state index is 6.12. The molecule has 17 heavy (non-hydrogen) atoms. The van der Waals surface area contributed by atoms with Crippen molar-refractivity contribution in [2.45, 2.75) is 26.7 Å². The number of nitrogens with zero attached hydrogens (tertiary/aromatic N) is 3. The van der Waals surface area contributed by atoms with E-state index in [-0.39, 0.29) is 0 Å². The highest BCUT2D eigenvalue weighted by Crippen LogP contribution is 2.22.